The summed E-state index contributed by atoms with van der Waals surface area (Å²) in [5.41, 5.74) is 6.91. The van der Waals surface area contributed by atoms with Gasteiger partial charge in [-0.05, 0) is 27.7 Å². The zero-order valence-electron chi connectivity index (χ0n) is 15.3. The van der Waals surface area contributed by atoms with Crippen LogP contribution in [0, 0.1) is 0 Å². The third-order valence-corrected chi connectivity index (χ3v) is 4.65. The summed E-state index contributed by atoms with van der Waals surface area (Å²) < 4.78 is 24.6. The lowest BCUT2D eigenvalue weighted by molar-refractivity contribution is -0.148. The van der Waals surface area contributed by atoms with Gasteiger partial charge in [-0.1, -0.05) is 0 Å². The second-order valence-corrected chi connectivity index (χ2v) is 7.65. The maximum atomic E-state index is 12.1. The van der Waals surface area contributed by atoms with Crippen molar-refractivity contribution >= 4 is 30.9 Å². The first-order valence-corrected chi connectivity index (χ1v) is 9.92. The Kier molecular flexibility index (Phi) is 7.07. The van der Waals surface area contributed by atoms with Crippen LogP contribution >= 0.6 is 7.95 Å². The van der Waals surface area contributed by atoms with Crippen LogP contribution in [-0.2, 0) is 25.4 Å². The fourth-order valence-corrected chi connectivity index (χ4v) is 3.38. The van der Waals surface area contributed by atoms with E-state index < -0.39 is 20.0 Å². The normalized spacial score (nSPS) is 15.1. The van der Waals surface area contributed by atoms with Gasteiger partial charge in [-0.3, -0.25) is 9.88 Å². The van der Waals surface area contributed by atoms with Crippen molar-refractivity contribution in [2.24, 2.45) is 0 Å². The molecule has 0 aliphatic carbocycles. The largest absolute Gasteiger partial charge is 0.462 e. The first-order chi connectivity index (χ1) is 12.3. The molecule has 26 heavy (non-hydrogen) atoms. The molecule has 2 heterocycles. The molecule has 0 radical (unpaired) electrons. The molecule has 0 bridgehead atoms. The van der Waals surface area contributed by atoms with Crippen LogP contribution in [-0.4, -0.2) is 50.1 Å². The van der Waals surface area contributed by atoms with Crippen molar-refractivity contribution in [2.75, 3.05) is 12.1 Å². The molecule has 0 aliphatic heterocycles. The van der Waals surface area contributed by atoms with E-state index >= 15 is 0 Å². The molecule has 3 atom stereocenters. The molecule has 0 aromatic carbocycles. The van der Waals surface area contributed by atoms with E-state index in [9.17, 15) is 9.36 Å². The first kappa shape index (κ1) is 20.3. The van der Waals surface area contributed by atoms with Gasteiger partial charge in [0.25, 0.3) is 0 Å². The van der Waals surface area contributed by atoms with Gasteiger partial charge < -0.3 is 24.3 Å². The summed E-state index contributed by atoms with van der Waals surface area (Å²) in [6, 6.07) is -0.653. The maximum Gasteiger partial charge on any atom is 0.323 e. The highest BCUT2D eigenvalue weighted by molar-refractivity contribution is 7.42. The Bertz CT molecular complexity index is 781. The van der Waals surface area contributed by atoms with Crippen LogP contribution in [0.3, 0.4) is 0 Å². The summed E-state index contributed by atoms with van der Waals surface area (Å²) in [5.74, 6) is -0.118. The highest BCUT2D eigenvalue weighted by Crippen LogP contribution is 2.19. The molecule has 1 unspecified atom stereocenters. The van der Waals surface area contributed by atoms with Crippen molar-refractivity contribution in [3.8, 4) is 0 Å². The fraction of sp³-hybridized carbons (Fsp3) is 0.600. The predicted octanol–water partition coefficient (Wildman–Crippen LogP) is 1.18. The van der Waals surface area contributed by atoms with Gasteiger partial charge in [0.15, 0.2) is 19.4 Å². The van der Waals surface area contributed by atoms with Gasteiger partial charge >= 0.3 is 5.97 Å². The van der Waals surface area contributed by atoms with Crippen LogP contribution in [0.25, 0.3) is 11.2 Å². The van der Waals surface area contributed by atoms with Crippen molar-refractivity contribution in [1.29, 1.82) is 0 Å². The van der Waals surface area contributed by atoms with E-state index in [1.54, 1.807) is 31.7 Å². The van der Waals surface area contributed by atoms with Crippen molar-refractivity contribution in [3.05, 3.63) is 12.7 Å². The SMILES string of the molecule is CC(C)OC(=O)[C@H](C)N[PH](=O)CO[C@H](C)Cn1cnc2c(N)ncnc21. The summed E-state index contributed by atoms with van der Waals surface area (Å²) in [6.45, 7) is 7.45. The molecule has 0 aliphatic rings. The third kappa shape index (κ3) is 5.48. The number of nitrogen functional groups attached to an aromatic ring is 1. The molecule has 2 rings (SSSR count). The Balaban J connectivity index is 1.82. The zero-order chi connectivity index (χ0) is 19.3. The van der Waals surface area contributed by atoms with Gasteiger partial charge in [0.05, 0.1) is 25.1 Å². The summed E-state index contributed by atoms with van der Waals surface area (Å²) in [4.78, 5) is 24.0. The number of carbonyl (C=O) groups excluding carboxylic acids is 1. The minimum Gasteiger partial charge on any atom is -0.462 e. The lowest BCUT2D eigenvalue weighted by atomic mass is 10.4. The predicted molar refractivity (Wildman–Crippen MR) is 98.0 cm³/mol. The monoisotopic (exact) mass is 384 g/mol. The highest BCUT2D eigenvalue weighted by Gasteiger charge is 2.18. The molecule has 144 valence electrons. The Morgan fingerprint density at radius 1 is 1.31 bits per heavy atom. The number of rotatable bonds is 9. The number of carbonyl (C=O) groups is 1. The van der Waals surface area contributed by atoms with Gasteiger partial charge in [0, 0.05) is 0 Å². The van der Waals surface area contributed by atoms with Crippen LogP contribution in [0.5, 0.6) is 0 Å². The van der Waals surface area contributed by atoms with Crippen LogP contribution in [0.2, 0.25) is 0 Å². The van der Waals surface area contributed by atoms with E-state index in [2.05, 4.69) is 20.0 Å². The van der Waals surface area contributed by atoms with Crippen LogP contribution in [0.4, 0.5) is 5.82 Å². The number of ether oxygens (including phenoxy) is 2. The van der Waals surface area contributed by atoms with E-state index in [1.165, 1.54) is 6.33 Å². The lowest BCUT2D eigenvalue weighted by Gasteiger charge is -2.17. The average Bonchev–Trinajstić information content (AvgIpc) is 2.96. The van der Waals surface area contributed by atoms with Crippen LogP contribution < -0.4 is 10.8 Å². The van der Waals surface area contributed by atoms with E-state index in [4.69, 9.17) is 15.2 Å². The lowest BCUT2D eigenvalue weighted by Crippen LogP contribution is -2.33. The van der Waals surface area contributed by atoms with Crippen molar-refractivity contribution in [1.82, 2.24) is 24.6 Å². The van der Waals surface area contributed by atoms with Crippen molar-refractivity contribution < 1.29 is 18.8 Å². The summed E-state index contributed by atoms with van der Waals surface area (Å²) in [5, 5.41) is 2.73. The Labute approximate surface area is 152 Å². The number of hydrogen-bond donors (Lipinski definition) is 2. The molecule has 0 fully saturated rings. The van der Waals surface area contributed by atoms with Crippen molar-refractivity contribution in [2.45, 2.75) is 52.5 Å². The Hall–Kier alpha value is -2.03. The van der Waals surface area contributed by atoms with Gasteiger partial charge in [0.2, 0.25) is 0 Å². The molecule has 10 nitrogen and oxygen atoms in total. The molecule has 0 saturated carbocycles. The maximum absolute atomic E-state index is 12.1. The molecule has 2 aromatic rings. The van der Waals surface area contributed by atoms with Crippen LogP contribution in [0.15, 0.2) is 12.7 Å². The second kappa shape index (κ2) is 9.07. The topological polar surface area (TPSA) is 134 Å². The van der Waals surface area contributed by atoms with E-state index in [0.29, 0.717) is 23.5 Å². The zero-order valence-corrected chi connectivity index (χ0v) is 16.3. The summed E-state index contributed by atoms with van der Waals surface area (Å²) in [7, 11) is -2.28. The molecule has 0 amide bonds. The number of nitrogens with zero attached hydrogens (tertiary/aromatic N) is 4. The van der Waals surface area contributed by atoms with E-state index in [-0.39, 0.29) is 18.6 Å². The van der Waals surface area contributed by atoms with E-state index in [1.807, 2.05) is 6.92 Å². The van der Waals surface area contributed by atoms with E-state index in [0.717, 1.165) is 0 Å². The van der Waals surface area contributed by atoms with Crippen LogP contribution in [0.1, 0.15) is 27.7 Å². The molecule has 2 aromatic heterocycles. The standard InChI is InChI=1S/C15H25N6O4P/c1-9(2)25-15(22)11(4)20-26(23)8-24-10(3)5-21-7-19-12-13(16)17-6-18-14(12)21/h6-7,9-11,26H,5,8H2,1-4H3,(H,20,23)(H2,16,17,18)/t10-,11+/m1/s1. The molecule has 11 heteroatoms. The average molecular weight is 384 g/mol. The third-order valence-electron chi connectivity index (χ3n) is 3.47. The smallest absolute Gasteiger partial charge is 0.323 e. The number of nitrogens with two attached hydrogens (primary N) is 1. The first-order valence-electron chi connectivity index (χ1n) is 8.30. The number of nitrogens with one attached hydrogen (secondary N) is 1. The molecular formula is C15H25N6O4P. The minimum absolute atomic E-state index is 0.00881. The van der Waals surface area contributed by atoms with Gasteiger partial charge in [-0.2, -0.15) is 0 Å². The number of hydrogen-bond acceptors (Lipinski definition) is 8. The number of anilines is 1. The number of imidazole rings is 1. The second-order valence-electron chi connectivity index (χ2n) is 6.22. The van der Waals surface area contributed by atoms with Gasteiger partial charge in [0.1, 0.15) is 24.2 Å². The number of esters is 1. The minimum atomic E-state index is -2.28. The molecular weight excluding hydrogens is 359 g/mol. The van der Waals surface area contributed by atoms with Gasteiger partial charge in [-0.15, -0.1) is 0 Å². The molecule has 0 spiro atoms. The van der Waals surface area contributed by atoms with Crippen molar-refractivity contribution in [3.63, 3.8) is 0 Å². The fourth-order valence-electron chi connectivity index (χ4n) is 2.26. The van der Waals surface area contributed by atoms with Gasteiger partial charge in [-0.25, -0.2) is 15.0 Å². The molecule has 0 saturated heterocycles. The Morgan fingerprint density at radius 3 is 2.73 bits per heavy atom. The number of aromatic nitrogens is 4. The summed E-state index contributed by atoms with van der Waals surface area (Å²) >= 11 is 0. The Morgan fingerprint density at radius 2 is 2.04 bits per heavy atom. The highest BCUT2D eigenvalue weighted by atomic mass is 31.1. The number of fused-ring (bicyclic) bond motifs is 1. The summed E-state index contributed by atoms with van der Waals surface area (Å²) in [6.07, 6.45) is 2.54. The quantitative estimate of drug-likeness (QED) is 0.482. The molecule has 3 N–H and O–H groups in total.